The number of aromatic nitrogens is 2. The summed E-state index contributed by atoms with van der Waals surface area (Å²) in [6.45, 7) is 0.842. The van der Waals surface area contributed by atoms with Gasteiger partial charge in [-0.3, -0.25) is 19.8 Å². The average molecular weight is 383 g/mol. The van der Waals surface area contributed by atoms with Gasteiger partial charge in [-0.05, 0) is 18.8 Å². The SMILES string of the molecule is N=C(N)c1ccc(-c2ncc(C(=O)N3CCC(CC(=O)O)CC3)c(=O)[nH]2)cc1. The van der Waals surface area contributed by atoms with Crippen LogP contribution in [0.4, 0.5) is 0 Å². The van der Waals surface area contributed by atoms with Crippen molar-refractivity contribution >= 4 is 17.7 Å². The molecule has 1 aromatic heterocycles. The van der Waals surface area contributed by atoms with E-state index in [0.29, 0.717) is 42.9 Å². The number of nitrogen functional groups attached to an aromatic ring is 1. The zero-order valence-corrected chi connectivity index (χ0v) is 15.1. The van der Waals surface area contributed by atoms with Gasteiger partial charge in [0.2, 0.25) is 0 Å². The lowest BCUT2D eigenvalue weighted by molar-refractivity contribution is -0.138. The molecule has 1 aromatic carbocycles. The molecule has 0 bridgehead atoms. The Morgan fingerprint density at radius 2 is 1.89 bits per heavy atom. The molecular weight excluding hydrogens is 362 g/mol. The highest BCUT2D eigenvalue weighted by Crippen LogP contribution is 2.21. The maximum absolute atomic E-state index is 12.6. The van der Waals surface area contributed by atoms with E-state index in [1.807, 2.05) is 0 Å². The van der Waals surface area contributed by atoms with E-state index in [0.717, 1.165) is 0 Å². The average Bonchev–Trinajstić information content (AvgIpc) is 2.67. The van der Waals surface area contributed by atoms with Gasteiger partial charge in [-0.15, -0.1) is 0 Å². The van der Waals surface area contributed by atoms with Gasteiger partial charge in [0, 0.05) is 36.8 Å². The Morgan fingerprint density at radius 3 is 2.43 bits per heavy atom. The summed E-state index contributed by atoms with van der Waals surface area (Å²) in [6.07, 6.45) is 2.56. The van der Waals surface area contributed by atoms with E-state index in [1.54, 1.807) is 29.2 Å². The second kappa shape index (κ2) is 8.03. The molecule has 0 atom stereocenters. The summed E-state index contributed by atoms with van der Waals surface area (Å²) in [5, 5.41) is 16.3. The molecule has 0 aliphatic carbocycles. The number of H-pyrrole nitrogens is 1. The molecule has 9 heteroatoms. The van der Waals surface area contributed by atoms with Crippen LogP contribution in [0.2, 0.25) is 0 Å². The fourth-order valence-corrected chi connectivity index (χ4v) is 3.26. The van der Waals surface area contributed by atoms with Crippen LogP contribution in [0.1, 0.15) is 35.2 Å². The summed E-state index contributed by atoms with van der Waals surface area (Å²) in [5.74, 6) is -0.922. The number of carboxylic acids is 1. The Morgan fingerprint density at radius 1 is 1.25 bits per heavy atom. The van der Waals surface area contributed by atoms with E-state index in [1.165, 1.54) is 6.20 Å². The third-order valence-corrected chi connectivity index (χ3v) is 4.86. The van der Waals surface area contributed by atoms with Crippen molar-refractivity contribution in [1.82, 2.24) is 14.9 Å². The quantitative estimate of drug-likeness (QED) is 0.447. The number of aromatic amines is 1. The summed E-state index contributed by atoms with van der Waals surface area (Å²) in [6, 6.07) is 6.67. The van der Waals surface area contributed by atoms with Crippen molar-refractivity contribution < 1.29 is 14.7 Å². The number of nitrogens with zero attached hydrogens (tertiary/aromatic N) is 2. The topological polar surface area (TPSA) is 153 Å². The Bertz CT molecular complexity index is 959. The molecule has 146 valence electrons. The van der Waals surface area contributed by atoms with Crippen LogP contribution >= 0.6 is 0 Å². The first kappa shape index (κ1) is 19.3. The number of nitrogens with one attached hydrogen (secondary N) is 2. The van der Waals surface area contributed by atoms with Gasteiger partial charge in [0.25, 0.3) is 11.5 Å². The minimum Gasteiger partial charge on any atom is -0.481 e. The summed E-state index contributed by atoms with van der Waals surface area (Å²) in [5.41, 5.74) is 6.05. The van der Waals surface area contributed by atoms with E-state index < -0.39 is 17.4 Å². The second-order valence-corrected chi connectivity index (χ2v) is 6.80. The third-order valence-electron chi connectivity index (χ3n) is 4.86. The van der Waals surface area contributed by atoms with E-state index in [9.17, 15) is 14.4 Å². The van der Waals surface area contributed by atoms with Crippen LogP contribution in [-0.4, -0.2) is 50.8 Å². The predicted molar refractivity (Wildman–Crippen MR) is 102 cm³/mol. The monoisotopic (exact) mass is 383 g/mol. The first-order chi connectivity index (χ1) is 13.3. The number of carbonyl (C=O) groups is 2. The maximum Gasteiger partial charge on any atom is 0.303 e. The number of piperidine rings is 1. The highest BCUT2D eigenvalue weighted by atomic mass is 16.4. The maximum atomic E-state index is 12.6. The molecule has 0 saturated carbocycles. The van der Waals surface area contributed by atoms with Crippen LogP contribution in [0.25, 0.3) is 11.4 Å². The van der Waals surface area contributed by atoms with Crippen LogP contribution in [0.5, 0.6) is 0 Å². The van der Waals surface area contributed by atoms with E-state index in [2.05, 4.69) is 9.97 Å². The van der Waals surface area contributed by atoms with Gasteiger partial charge in [0.1, 0.15) is 17.2 Å². The van der Waals surface area contributed by atoms with Crippen molar-refractivity contribution in [2.45, 2.75) is 19.3 Å². The Hall–Kier alpha value is -3.49. The number of carboxylic acid groups (broad SMARTS) is 1. The molecule has 2 heterocycles. The molecule has 0 unspecified atom stereocenters. The molecule has 1 amide bonds. The number of amides is 1. The van der Waals surface area contributed by atoms with Gasteiger partial charge < -0.3 is 20.7 Å². The molecule has 9 nitrogen and oxygen atoms in total. The number of benzene rings is 1. The summed E-state index contributed by atoms with van der Waals surface area (Å²) in [7, 11) is 0. The molecular formula is C19H21N5O4. The third kappa shape index (κ3) is 4.25. The summed E-state index contributed by atoms with van der Waals surface area (Å²) >= 11 is 0. The number of hydrogen-bond donors (Lipinski definition) is 4. The Labute approximate surface area is 160 Å². The lowest BCUT2D eigenvalue weighted by Crippen LogP contribution is -2.41. The Balaban J connectivity index is 1.72. The van der Waals surface area contributed by atoms with Crippen molar-refractivity contribution in [3.63, 3.8) is 0 Å². The number of aliphatic carboxylic acids is 1. The second-order valence-electron chi connectivity index (χ2n) is 6.80. The van der Waals surface area contributed by atoms with Gasteiger partial charge in [-0.25, -0.2) is 4.98 Å². The van der Waals surface area contributed by atoms with Crippen molar-refractivity contribution in [3.8, 4) is 11.4 Å². The highest BCUT2D eigenvalue weighted by molar-refractivity contribution is 5.95. The molecule has 5 N–H and O–H groups in total. The molecule has 3 rings (SSSR count). The van der Waals surface area contributed by atoms with Gasteiger partial charge >= 0.3 is 5.97 Å². The molecule has 0 radical (unpaired) electrons. The van der Waals surface area contributed by atoms with Gasteiger partial charge in [0.05, 0.1) is 0 Å². The lowest BCUT2D eigenvalue weighted by atomic mass is 9.93. The normalized spacial score (nSPS) is 14.6. The number of hydrogen-bond acceptors (Lipinski definition) is 5. The number of amidine groups is 1. The van der Waals surface area contributed by atoms with Gasteiger partial charge in [-0.1, -0.05) is 24.3 Å². The molecule has 2 aromatic rings. The minimum absolute atomic E-state index is 0.0409. The van der Waals surface area contributed by atoms with Crippen LogP contribution in [-0.2, 0) is 4.79 Å². The molecule has 28 heavy (non-hydrogen) atoms. The smallest absolute Gasteiger partial charge is 0.303 e. The van der Waals surface area contributed by atoms with Crippen molar-refractivity contribution in [1.29, 1.82) is 5.41 Å². The van der Waals surface area contributed by atoms with Crippen LogP contribution < -0.4 is 11.3 Å². The van der Waals surface area contributed by atoms with E-state index in [4.69, 9.17) is 16.2 Å². The minimum atomic E-state index is -0.836. The van der Waals surface area contributed by atoms with E-state index in [-0.39, 0.29) is 23.7 Å². The first-order valence-corrected chi connectivity index (χ1v) is 8.90. The first-order valence-electron chi connectivity index (χ1n) is 8.90. The standard InChI is InChI=1S/C19H21N5O4/c20-16(21)12-1-3-13(4-2-12)17-22-10-14(18(27)23-17)19(28)24-7-5-11(6-8-24)9-15(25)26/h1-4,10-11H,5-9H2,(H3,20,21)(H,25,26)(H,22,23,27). The van der Waals surface area contributed by atoms with Crippen LogP contribution in [0, 0.1) is 11.3 Å². The van der Waals surface area contributed by atoms with E-state index >= 15 is 0 Å². The molecule has 0 spiro atoms. The molecule has 1 fully saturated rings. The van der Waals surface area contributed by atoms with Crippen LogP contribution in [0.15, 0.2) is 35.3 Å². The van der Waals surface area contributed by atoms with Crippen LogP contribution in [0.3, 0.4) is 0 Å². The molecule has 1 aliphatic heterocycles. The van der Waals surface area contributed by atoms with Gasteiger partial charge in [0.15, 0.2) is 0 Å². The largest absolute Gasteiger partial charge is 0.481 e. The molecule has 1 saturated heterocycles. The zero-order valence-electron chi connectivity index (χ0n) is 15.1. The Kier molecular flexibility index (Phi) is 5.53. The number of nitrogens with two attached hydrogens (primary N) is 1. The van der Waals surface area contributed by atoms with Crippen molar-refractivity contribution in [3.05, 3.63) is 51.9 Å². The molecule has 1 aliphatic rings. The summed E-state index contributed by atoms with van der Waals surface area (Å²) in [4.78, 5) is 44.2. The number of carbonyl (C=O) groups excluding carboxylic acids is 1. The number of likely N-dealkylation sites (tertiary alicyclic amines) is 1. The fourth-order valence-electron chi connectivity index (χ4n) is 3.26. The summed E-state index contributed by atoms with van der Waals surface area (Å²) < 4.78 is 0. The lowest BCUT2D eigenvalue weighted by Gasteiger charge is -2.31. The predicted octanol–water partition coefficient (Wildman–Crippen LogP) is 1.05. The fraction of sp³-hybridized carbons (Fsp3) is 0.316. The van der Waals surface area contributed by atoms with Gasteiger partial charge in [-0.2, -0.15) is 0 Å². The number of rotatable bonds is 5. The van der Waals surface area contributed by atoms with Crippen molar-refractivity contribution in [2.75, 3.05) is 13.1 Å². The van der Waals surface area contributed by atoms with Crippen molar-refractivity contribution in [2.24, 2.45) is 11.7 Å². The highest BCUT2D eigenvalue weighted by Gasteiger charge is 2.26. The zero-order chi connectivity index (χ0) is 20.3.